The minimum Gasteiger partial charge on any atom is -0.327 e. The molecule has 0 amide bonds. The average molecular weight is 332 g/mol. The largest absolute Gasteiger partial charge is 0.327 e. The third-order valence-electron chi connectivity index (χ3n) is 3.79. The van der Waals surface area contributed by atoms with Gasteiger partial charge in [0.15, 0.2) is 0 Å². The molecule has 100 valence electrons. The molecule has 1 aliphatic rings. The fourth-order valence-electron chi connectivity index (χ4n) is 2.60. The van der Waals surface area contributed by atoms with Crippen LogP contribution in [0.4, 0.5) is 0 Å². The fourth-order valence-corrected chi connectivity index (χ4v) is 3.05. The van der Waals surface area contributed by atoms with Gasteiger partial charge in [0.2, 0.25) is 0 Å². The predicted octanol–water partition coefficient (Wildman–Crippen LogP) is 3.66. The van der Waals surface area contributed by atoms with Gasteiger partial charge in [0.05, 0.1) is 5.02 Å². The molecule has 2 atom stereocenters. The lowest BCUT2D eigenvalue weighted by atomic mass is 9.90. The standard InChI is InChI=1S/C14H20BrClN2/c1-2-11-9-18(6-5-14(11)17)8-10-3-4-12(15)13(16)7-10/h3-4,7,11,14H,2,5-6,8-9,17H2,1H3. The Kier molecular flexibility index (Phi) is 5.07. The Labute approximate surface area is 123 Å². The van der Waals surface area contributed by atoms with E-state index in [2.05, 4.69) is 33.8 Å². The third-order valence-corrected chi connectivity index (χ3v) is 5.02. The van der Waals surface area contributed by atoms with E-state index < -0.39 is 0 Å². The molecule has 0 saturated carbocycles. The Morgan fingerprint density at radius 1 is 1.50 bits per heavy atom. The maximum atomic E-state index is 6.14. The topological polar surface area (TPSA) is 29.3 Å². The molecule has 1 aliphatic heterocycles. The van der Waals surface area contributed by atoms with Crippen LogP contribution in [-0.4, -0.2) is 24.0 Å². The van der Waals surface area contributed by atoms with E-state index in [9.17, 15) is 0 Å². The summed E-state index contributed by atoms with van der Waals surface area (Å²) in [4.78, 5) is 2.48. The van der Waals surface area contributed by atoms with E-state index in [1.807, 2.05) is 12.1 Å². The van der Waals surface area contributed by atoms with Crippen molar-refractivity contribution in [3.8, 4) is 0 Å². The second kappa shape index (κ2) is 6.38. The van der Waals surface area contributed by atoms with Crippen LogP contribution in [0.5, 0.6) is 0 Å². The maximum absolute atomic E-state index is 6.14. The van der Waals surface area contributed by atoms with Crippen LogP contribution in [0.3, 0.4) is 0 Å². The summed E-state index contributed by atoms with van der Waals surface area (Å²) in [5.41, 5.74) is 7.41. The summed E-state index contributed by atoms with van der Waals surface area (Å²) in [5, 5.41) is 0.785. The molecule has 1 aromatic carbocycles. The van der Waals surface area contributed by atoms with Crippen molar-refractivity contribution in [3.63, 3.8) is 0 Å². The zero-order valence-corrected chi connectivity index (χ0v) is 13.0. The second-order valence-corrected chi connectivity index (χ2v) is 6.37. The fraction of sp³-hybridized carbons (Fsp3) is 0.571. The molecule has 0 aliphatic carbocycles. The van der Waals surface area contributed by atoms with E-state index in [1.54, 1.807) is 0 Å². The molecular weight excluding hydrogens is 312 g/mol. The molecule has 2 unspecified atom stereocenters. The van der Waals surface area contributed by atoms with Crippen LogP contribution in [0.2, 0.25) is 5.02 Å². The number of hydrogen-bond donors (Lipinski definition) is 1. The van der Waals surface area contributed by atoms with Gasteiger partial charge in [0.25, 0.3) is 0 Å². The number of piperidine rings is 1. The van der Waals surface area contributed by atoms with E-state index in [0.717, 1.165) is 35.6 Å². The zero-order valence-electron chi connectivity index (χ0n) is 10.7. The monoisotopic (exact) mass is 330 g/mol. The SMILES string of the molecule is CCC1CN(Cc2ccc(Br)c(Cl)c2)CCC1N. The van der Waals surface area contributed by atoms with Crippen molar-refractivity contribution in [3.05, 3.63) is 33.3 Å². The summed E-state index contributed by atoms with van der Waals surface area (Å²) >= 11 is 9.55. The Balaban J connectivity index is 1.99. The second-order valence-electron chi connectivity index (χ2n) is 5.10. The molecule has 2 rings (SSSR count). The van der Waals surface area contributed by atoms with Crippen molar-refractivity contribution < 1.29 is 0 Å². The van der Waals surface area contributed by atoms with Crippen LogP contribution in [0.25, 0.3) is 0 Å². The van der Waals surface area contributed by atoms with Crippen molar-refractivity contribution in [2.75, 3.05) is 13.1 Å². The highest BCUT2D eigenvalue weighted by atomic mass is 79.9. The number of hydrogen-bond acceptors (Lipinski definition) is 2. The quantitative estimate of drug-likeness (QED) is 0.916. The highest BCUT2D eigenvalue weighted by Crippen LogP contribution is 2.25. The molecule has 2 N–H and O–H groups in total. The Morgan fingerprint density at radius 2 is 2.28 bits per heavy atom. The van der Waals surface area contributed by atoms with Crippen LogP contribution in [0.1, 0.15) is 25.3 Å². The number of benzene rings is 1. The molecule has 0 aromatic heterocycles. The lowest BCUT2D eigenvalue weighted by Gasteiger charge is -2.36. The molecule has 0 radical (unpaired) electrons. The van der Waals surface area contributed by atoms with E-state index in [4.69, 9.17) is 17.3 Å². The zero-order chi connectivity index (χ0) is 13.1. The van der Waals surface area contributed by atoms with Gasteiger partial charge in [0, 0.05) is 23.6 Å². The molecule has 2 nitrogen and oxygen atoms in total. The first-order chi connectivity index (χ1) is 8.60. The summed E-state index contributed by atoms with van der Waals surface area (Å²) < 4.78 is 0.958. The summed E-state index contributed by atoms with van der Waals surface area (Å²) in [7, 11) is 0. The number of nitrogens with zero attached hydrogens (tertiary/aromatic N) is 1. The summed E-state index contributed by atoms with van der Waals surface area (Å²) in [6, 6.07) is 6.57. The Morgan fingerprint density at radius 3 is 2.94 bits per heavy atom. The van der Waals surface area contributed by atoms with Gasteiger partial charge in [-0.15, -0.1) is 0 Å². The minimum absolute atomic E-state index is 0.375. The van der Waals surface area contributed by atoms with E-state index >= 15 is 0 Å². The molecule has 4 heteroatoms. The molecule has 1 saturated heterocycles. The highest BCUT2D eigenvalue weighted by molar-refractivity contribution is 9.10. The van der Waals surface area contributed by atoms with Gasteiger partial charge in [0.1, 0.15) is 0 Å². The van der Waals surface area contributed by atoms with Gasteiger partial charge in [-0.1, -0.05) is 31.0 Å². The predicted molar refractivity (Wildman–Crippen MR) is 80.8 cm³/mol. The average Bonchev–Trinajstić information content (AvgIpc) is 2.36. The number of halogens is 2. The molecule has 1 aromatic rings. The van der Waals surface area contributed by atoms with Gasteiger partial charge in [-0.25, -0.2) is 0 Å². The summed E-state index contributed by atoms with van der Waals surface area (Å²) in [6.45, 7) is 5.39. The van der Waals surface area contributed by atoms with Crippen molar-refractivity contribution >= 4 is 27.5 Å². The van der Waals surface area contributed by atoms with Gasteiger partial charge in [-0.3, -0.25) is 4.90 Å². The molecule has 1 fully saturated rings. The first-order valence-corrected chi connectivity index (χ1v) is 7.69. The van der Waals surface area contributed by atoms with E-state index in [1.165, 1.54) is 12.0 Å². The third kappa shape index (κ3) is 3.47. The molecule has 0 bridgehead atoms. The van der Waals surface area contributed by atoms with Gasteiger partial charge < -0.3 is 5.73 Å². The Bertz CT molecular complexity index is 411. The van der Waals surface area contributed by atoms with Crippen molar-refractivity contribution in [2.24, 2.45) is 11.7 Å². The number of rotatable bonds is 3. The van der Waals surface area contributed by atoms with Crippen molar-refractivity contribution in [1.29, 1.82) is 0 Å². The van der Waals surface area contributed by atoms with Crippen LogP contribution in [-0.2, 0) is 6.54 Å². The summed E-state index contributed by atoms with van der Waals surface area (Å²) in [5.74, 6) is 0.629. The highest BCUT2D eigenvalue weighted by Gasteiger charge is 2.25. The smallest absolute Gasteiger partial charge is 0.0551 e. The number of nitrogens with two attached hydrogens (primary N) is 1. The van der Waals surface area contributed by atoms with Crippen LogP contribution in [0.15, 0.2) is 22.7 Å². The van der Waals surface area contributed by atoms with E-state index in [0.29, 0.717) is 12.0 Å². The first-order valence-electron chi connectivity index (χ1n) is 6.52. The lowest BCUT2D eigenvalue weighted by Crippen LogP contribution is -2.46. The van der Waals surface area contributed by atoms with Crippen molar-refractivity contribution in [1.82, 2.24) is 4.90 Å². The molecule has 0 spiro atoms. The van der Waals surface area contributed by atoms with Gasteiger partial charge >= 0.3 is 0 Å². The van der Waals surface area contributed by atoms with Gasteiger partial charge in [-0.2, -0.15) is 0 Å². The molecule has 18 heavy (non-hydrogen) atoms. The Hall–Kier alpha value is -0.0900. The normalized spacial score (nSPS) is 25.3. The van der Waals surface area contributed by atoms with E-state index in [-0.39, 0.29) is 0 Å². The van der Waals surface area contributed by atoms with Crippen LogP contribution in [0, 0.1) is 5.92 Å². The lowest BCUT2D eigenvalue weighted by molar-refractivity contribution is 0.145. The van der Waals surface area contributed by atoms with Crippen LogP contribution < -0.4 is 5.73 Å². The van der Waals surface area contributed by atoms with Crippen LogP contribution >= 0.6 is 27.5 Å². The summed E-state index contributed by atoms with van der Waals surface area (Å²) in [6.07, 6.45) is 2.27. The number of likely N-dealkylation sites (tertiary alicyclic amines) is 1. The molecular formula is C14H20BrClN2. The first kappa shape index (κ1) is 14.3. The minimum atomic E-state index is 0.375. The van der Waals surface area contributed by atoms with Crippen molar-refractivity contribution in [2.45, 2.75) is 32.4 Å². The molecule has 1 heterocycles. The maximum Gasteiger partial charge on any atom is 0.0551 e. The van der Waals surface area contributed by atoms with Gasteiger partial charge in [-0.05, 0) is 52.5 Å².